The molecule has 0 aliphatic heterocycles. The number of carbonyl (C=O) groups is 1. The van der Waals surface area contributed by atoms with E-state index in [2.05, 4.69) is 20.6 Å². The highest BCUT2D eigenvalue weighted by molar-refractivity contribution is 7.15. The summed E-state index contributed by atoms with van der Waals surface area (Å²) >= 11 is 7.14. The second-order valence-electron chi connectivity index (χ2n) is 7.95. The van der Waals surface area contributed by atoms with Crippen LogP contribution in [0.3, 0.4) is 0 Å². The number of halogens is 7. The molecular weight excluding hydrogens is 544 g/mol. The minimum absolute atomic E-state index is 0.0624. The molecule has 0 saturated carbocycles. The van der Waals surface area contributed by atoms with Crippen LogP contribution >= 0.6 is 22.9 Å². The Kier molecular flexibility index (Phi) is 7.04. The van der Waals surface area contributed by atoms with Crippen molar-refractivity contribution < 1.29 is 31.1 Å². The Bertz CT molecular complexity index is 1480. The fourth-order valence-corrected chi connectivity index (χ4v) is 4.62. The lowest BCUT2D eigenvalue weighted by atomic mass is 10.1. The molecule has 0 unspecified atom stereocenters. The average molecular weight is 560 g/mol. The number of nitrogens with zero attached hydrogens (tertiary/aromatic N) is 4. The van der Waals surface area contributed by atoms with Gasteiger partial charge in [0.15, 0.2) is 10.8 Å². The first-order valence-electron chi connectivity index (χ1n) is 10.5. The molecule has 0 saturated heterocycles. The number of nitrogens with one attached hydrogen (secondary N) is 1. The molecular formula is C23H16ClF6N5OS. The van der Waals surface area contributed by atoms with Crippen molar-refractivity contribution in [3.63, 3.8) is 0 Å². The van der Waals surface area contributed by atoms with Gasteiger partial charge in [-0.05, 0) is 55.8 Å². The fourth-order valence-electron chi connectivity index (χ4n) is 3.46. The van der Waals surface area contributed by atoms with Gasteiger partial charge in [-0.1, -0.05) is 22.9 Å². The zero-order valence-corrected chi connectivity index (χ0v) is 20.6. The predicted molar refractivity (Wildman–Crippen MR) is 125 cm³/mol. The zero-order valence-electron chi connectivity index (χ0n) is 19.0. The highest BCUT2D eigenvalue weighted by Gasteiger charge is 2.32. The SMILES string of the molecule is Cc1nc(NC(=O)c2nnn(-c3cccc(C(F)(F)F)c3)c2C)sc1Cc1cc(C(F)(F)F)ccc1Cl. The van der Waals surface area contributed by atoms with Crippen molar-refractivity contribution in [1.29, 1.82) is 0 Å². The molecule has 1 amide bonds. The maximum atomic E-state index is 13.1. The maximum Gasteiger partial charge on any atom is 0.416 e. The summed E-state index contributed by atoms with van der Waals surface area (Å²) < 4.78 is 79.5. The summed E-state index contributed by atoms with van der Waals surface area (Å²) in [5.41, 5.74) is -0.836. The number of hydrogen-bond donors (Lipinski definition) is 1. The van der Waals surface area contributed by atoms with E-state index in [0.29, 0.717) is 10.6 Å². The molecule has 2 aromatic heterocycles. The van der Waals surface area contributed by atoms with E-state index in [4.69, 9.17) is 11.6 Å². The van der Waals surface area contributed by atoms with Crippen LogP contribution in [-0.4, -0.2) is 25.9 Å². The Labute approximate surface area is 214 Å². The van der Waals surface area contributed by atoms with E-state index in [1.807, 2.05) is 0 Å². The van der Waals surface area contributed by atoms with Gasteiger partial charge < -0.3 is 0 Å². The number of thiazole rings is 1. The summed E-state index contributed by atoms with van der Waals surface area (Å²) in [5, 5.41) is 10.5. The van der Waals surface area contributed by atoms with Gasteiger partial charge >= 0.3 is 12.4 Å². The molecule has 2 heterocycles. The molecule has 0 bridgehead atoms. The zero-order chi connectivity index (χ0) is 27.1. The monoisotopic (exact) mass is 559 g/mol. The molecule has 0 atom stereocenters. The van der Waals surface area contributed by atoms with E-state index in [0.717, 1.165) is 40.3 Å². The summed E-state index contributed by atoms with van der Waals surface area (Å²) in [6, 6.07) is 7.46. The number of benzene rings is 2. The topological polar surface area (TPSA) is 72.7 Å². The molecule has 0 aliphatic rings. The van der Waals surface area contributed by atoms with Crippen LogP contribution < -0.4 is 5.32 Å². The van der Waals surface area contributed by atoms with Gasteiger partial charge in [0.05, 0.1) is 28.2 Å². The highest BCUT2D eigenvalue weighted by Crippen LogP contribution is 2.34. The van der Waals surface area contributed by atoms with E-state index >= 15 is 0 Å². The van der Waals surface area contributed by atoms with Gasteiger partial charge in [-0.3, -0.25) is 10.1 Å². The normalized spacial score (nSPS) is 12.1. The fraction of sp³-hybridized carbons (Fsp3) is 0.217. The molecule has 0 spiro atoms. The minimum Gasteiger partial charge on any atom is -0.296 e. The van der Waals surface area contributed by atoms with Crippen LogP contribution in [0.25, 0.3) is 5.69 Å². The standard InChI is InChI=1S/C23H16ClF6N5OS/c1-11-18(9-13-8-15(23(28,29)30)6-7-17(13)24)37-21(31-11)32-20(36)19-12(2)35(34-33-19)16-5-3-4-14(10-16)22(25,26)27/h3-8,10H,9H2,1-2H3,(H,31,32,36). The van der Waals surface area contributed by atoms with Crippen molar-refractivity contribution in [2.24, 2.45) is 0 Å². The lowest BCUT2D eigenvalue weighted by Crippen LogP contribution is -2.14. The van der Waals surface area contributed by atoms with Gasteiger partial charge in [0.2, 0.25) is 0 Å². The van der Waals surface area contributed by atoms with E-state index in [9.17, 15) is 31.1 Å². The number of amides is 1. The molecule has 4 aromatic rings. The minimum atomic E-state index is -4.55. The van der Waals surface area contributed by atoms with E-state index in [-0.39, 0.29) is 39.2 Å². The summed E-state index contributed by atoms with van der Waals surface area (Å²) in [4.78, 5) is 17.6. The number of aryl methyl sites for hydroxylation is 1. The van der Waals surface area contributed by atoms with Crippen molar-refractivity contribution in [2.45, 2.75) is 32.6 Å². The quantitative estimate of drug-likeness (QED) is 0.271. The van der Waals surface area contributed by atoms with Gasteiger partial charge in [0.1, 0.15) is 0 Å². The predicted octanol–water partition coefficient (Wildman–Crippen LogP) is 6.87. The van der Waals surface area contributed by atoms with E-state index in [1.54, 1.807) is 6.92 Å². The Morgan fingerprint density at radius 3 is 2.38 bits per heavy atom. The van der Waals surface area contributed by atoms with Gasteiger partial charge in [0, 0.05) is 16.3 Å². The lowest BCUT2D eigenvalue weighted by Gasteiger charge is -2.10. The molecule has 1 N–H and O–H groups in total. The largest absolute Gasteiger partial charge is 0.416 e. The lowest BCUT2D eigenvalue weighted by molar-refractivity contribution is -0.138. The number of rotatable bonds is 5. The van der Waals surface area contributed by atoms with E-state index in [1.165, 1.54) is 25.1 Å². The summed E-state index contributed by atoms with van der Waals surface area (Å²) in [6.07, 6.45) is -9.01. The van der Waals surface area contributed by atoms with Crippen LogP contribution in [-0.2, 0) is 18.8 Å². The molecule has 4 rings (SSSR count). The van der Waals surface area contributed by atoms with Crippen molar-refractivity contribution in [2.75, 3.05) is 5.32 Å². The number of hydrogen-bond acceptors (Lipinski definition) is 5. The molecule has 0 aliphatic carbocycles. The summed E-state index contributed by atoms with van der Waals surface area (Å²) in [5.74, 6) is -0.701. The third kappa shape index (κ3) is 5.77. The van der Waals surface area contributed by atoms with Gasteiger partial charge in [0.25, 0.3) is 5.91 Å². The Hall–Kier alpha value is -3.45. The van der Waals surface area contributed by atoms with Crippen molar-refractivity contribution >= 4 is 34.0 Å². The van der Waals surface area contributed by atoms with Crippen molar-refractivity contribution in [1.82, 2.24) is 20.0 Å². The van der Waals surface area contributed by atoms with Gasteiger partial charge in [-0.2, -0.15) is 26.3 Å². The molecule has 194 valence electrons. The molecule has 6 nitrogen and oxygen atoms in total. The van der Waals surface area contributed by atoms with Crippen LogP contribution in [0.4, 0.5) is 31.5 Å². The smallest absolute Gasteiger partial charge is 0.296 e. The molecule has 37 heavy (non-hydrogen) atoms. The average Bonchev–Trinajstić information content (AvgIpc) is 3.35. The molecule has 14 heteroatoms. The number of carbonyl (C=O) groups excluding carboxylic acids is 1. The summed E-state index contributed by atoms with van der Waals surface area (Å²) in [7, 11) is 0. The third-order valence-corrected chi connectivity index (χ3v) is 6.81. The summed E-state index contributed by atoms with van der Waals surface area (Å²) in [6.45, 7) is 3.11. The van der Waals surface area contributed by atoms with Gasteiger partial charge in [-0.15, -0.1) is 16.4 Å². The Morgan fingerprint density at radius 2 is 1.70 bits per heavy atom. The van der Waals surface area contributed by atoms with Crippen molar-refractivity contribution in [3.8, 4) is 5.69 Å². The van der Waals surface area contributed by atoms with Crippen molar-refractivity contribution in [3.05, 3.63) is 86.1 Å². The Balaban J connectivity index is 1.54. The van der Waals surface area contributed by atoms with Crippen LogP contribution in [0.1, 0.15) is 43.4 Å². The van der Waals surface area contributed by atoms with Crippen LogP contribution in [0.2, 0.25) is 5.02 Å². The number of alkyl halides is 6. The second-order valence-corrected chi connectivity index (χ2v) is 9.44. The first-order valence-corrected chi connectivity index (χ1v) is 11.7. The van der Waals surface area contributed by atoms with Crippen LogP contribution in [0, 0.1) is 13.8 Å². The van der Waals surface area contributed by atoms with E-state index < -0.39 is 29.4 Å². The second kappa shape index (κ2) is 9.78. The first kappa shape index (κ1) is 26.6. The molecule has 0 radical (unpaired) electrons. The van der Waals surface area contributed by atoms with Crippen LogP contribution in [0.15, 0.2) is 42.5 Å². The highest BCUT2D eigenvalue weighted by atomic mass is 35.5. The van der Waals surface area contributed by atoms with Crippen LogP contribution in [0.5, 0.6) is 0 Å². The Morgan fingerprint density at radius 1 is 1.03 bits per heavy atom. The third-order valence-electron chi connectivity index (χ3n) is 5.36. The molecule has 0 fully saturated rings. The number of anilines is 1. The number of aromatic nitrogens is 4. The van der Waals surface area contributed by atoms with Gasteiger partial charge in [-0.25, -0.2) is 9.67 Å². The first-order chi connectivity index (χ1) is 17.2. The molecule has 2 aromatic carbocycles. The maximum absolute atomic E-state index is 13.1.